The van der Waals surface area contributed by atoms with Gasteiger partial charge in [0.15, 0.2) is 0 Å². The molecule has 0 spiro atoms. The molecule has 5 nitrogen and oxygen atoms in total. The summed E-state index contributed by atoms with van der Waals surface area (Å²) >= 11 is 1.24. The number of benzene rings is 3. The molecule has 0 aliphatic rings. The van der Waals surface area contributed by atoms with Crippen LogP contribution in [0.4, 0.5) is 5.69 Å². The molecule has 31 heavy (non-hydrogen) atoms. The summed E-state index contributed by atoms with van der Waals surface area (Å²) in [6.07, 6.45) is 0. The van der Waals surface area contributed by atoms with Crippen LogP contribution in [0.5, 0.6) is 0 Å². The van der Waals surface area contributed by atoms with Crippen molar-refractivity contribution in [2.75, 3.05) is 5.32 Å². The Morgan fingerprint density at radius 3 is 2.42 bits per heavy atom. The van der Waals surface area contributed by atoms with E-state index in [9.17, 15) is 4.79 Å². The Morgan fingerprint density at radius 1 is 0.903 bits per heavy atom. The van der Waals surface area contributed by atoms with Crippen molar-refractivity contribution in [2.45, 2.75) is 31.2 Å². The predicted octanol–water partition coefficient (Wildman–Crippen LogP) is 6.14. The highest BCUT2D eigenvalue weighted by atomic mass is 32.2. The van der Waals surface area contributed by atoms with Crippen molar-refractivity contribution in [1.82, 2.24) is 10.2 Å². The standard InChI is InChI=1S/C25H23N3O2S/c1-16-13-14-20(15-17(16)2)24-27-28-25(30-24)31-18(3)23(29)26-22-12-8-7-11-21(22)19-9-5-4-6-10-19/h4-15,18H,1-3H3,(H,26,29)/t18-/m1/s1. The molecule has 1 aromatic heterocycles. The molecule has 0 unspecified atom stereocenters. The van der Waals surface area contributed by atoms with Crippen LogP contribution < -0.4 is 5.32 Å². The van der Waals surface area contributed by atoms with E-state index < -0.39 is 5.25 Å². The average Bonchev–Trinajstić information content (AvgIpc) is 3.25. The quantitative estimate of drug-likeness (QED) is 0.373. The van der Waals surface area contributed by atoms with Gasteiger partial charge in [0.2, 0.25) is 11.8 Å². The van der Waals surface area contributed by atoms with Gasteiger partial charge in [0.25, 0.3) is 5.22 Å². The van der Waals surface area contributed by atoms with Gasteiger partial charge in [-0.1, -0.05) is 66.4 Å². The molecular weight excluding hydrogens is 406 g/mol. The van der Waals surface area contributed by atoms with Crippen LogP contribution in [0.3, 0.4) is 0 Å². The SMILES string of the molecule is Cc1ccc(-c2nnc(S[C@H](C)C(=O)Nc3ccccc3-c3ccccc3)o2)cc1C. The van der Waals surface area contributed by atoms with Gasteiger partial charge in [-0.15, -0.1) is 10.2 Å². The zero-order valence-electron chi connectivity index (χ0n) is 17.6. The number of aromatic nitrogens is 2. The third kappa shape index (κ3) is 4.86. The summed E-state index contributed by atoms with van der Waals surface area (Å²) in [6.45, 7) is 5.93. The van der Waals surface area contributed by atoms with Crippen LogP contribution in [0.25, 0.3) is 22.6 Å². The highest BCUT2D eigenvalue weighted by Crippen LogP contribution is 2.30. The maximum Gasteiger partial charge on any atom is 0.277 e. The molecule has 1 N–H and O–H groups in total. The molecule has 0 bridgehead atoms. The normalized spacial score (nSPS) is 11.8. The molecule has 1 amide bonds. The number of rotatable bonds is 6. The van der Waals surface area contributed by atoms with Crippen molar-refractivity contribution in [1.29, 1.82) is 0 Å². The number of amides is 1. The number of anilines is 1. The molecule has 0 fully saturated rings. The van der Waals surface area contributed by atoms with Crippen LogP contribution in [-0.2, 0) is 4.79 Å². The third-order valence-electron chi connectivity index (χ3n) is 5.08. The minimum Gasteiger partial charge on any atom is -0.411 e. The lowest BCUT2D eigenvalue weighted by molar-refractivity contribution is -0.115. The Hall–Kier alpha value is -3.38. The van der Waals surface area contributed by atoms with Gasteiger partial charge < -0.3 is 9.73 Å². The van der Waals surface area contributed by atoms with E-state index >= 15 is 0 Å². The number of carbonyl (C=O) groups excluding carboxylic acids is 1. The fraction of sp³-hybridized carbons (Fsp3) is 0.160. The molecule has 6 heteroatoms. The zero-order valence-corrected chi connectivity index (χ0v) is 18.4. The van der Waals surface area contributed by atoms with Crippen molar-refractivity contribution in [3.8, 4) is 22.6 Å². The minimum atomic E-state index is -0.406. The van der Waals surface area contributed by atoms with Crippen LogP contribution >= 0.6 is 11.8 Å². The summed E-state index contributed by atoms with van der Waals surface area (Å²) in [6, 6.07) is 23.8. The second-order valence-electron chi connectivity index (χ2n) is 7.33. The number of hydrogen-bond acceptors (Lipinski definition) is 5. The molecule has 0 radical (unpaired) electrons. The zero-order chi connectivity index (χ0) is 21.8. The van der Waals surface area contributed by atoms with Gasteiger partial charge in [-0.05, 0) is 55.7 Å². The third-order valence-corrected chi connectivity index (χ3v) is 6.01. The summed E-state index contributed by atoms with van der Waals surface area (Å²) in [5, 5.41) is 11.2. The highest BCUT2D eigenvalue weighted by Gasteiger charge is 2.20. The van der Waals surface area contributed by atoms with Crippen LogP contribution in [0, 0.1) is 13.8 Å². The molecule has 0 saturated carbocycles. The van der Waals surface area contributed by atoms with Gasteiger partial charge in [-0.2, -0.15) is 0 Å². The van der Waals surface area contributed by atoms with E-state index in [-0.39, 0.29) is 5.91 Å². The first-order chi connectivity index (χ1) is 15.0. The monoisotopic (exact) mass is 429 g/mol. The van der Waals surface area contributed by atoms with E-state index in [2.05, 4.69) is 22.4 Å². The van der Waals surface area contributed by atoms with Crippen molar-refractivity contribution < 1.29 is 9.21 Å². The molecular formula is C25H23N3O2S. The van der Waals surface area contributed by atoms with Gasteiger partial charge in [0, 0.05) is 16.8 Å². The highest BCUT2D eigenvalue weighted by molar-refractivity contribution is 8.00. The van der Waals surface area contributed by atoms with E-state index in [1.807, 2.05) is 86.6 Å². The van der Waals surface area contributed by atoms with E-state index in [0.29, 0.717) is 11.1 Å². The summed E-state index contributed by atoms with van der Waals surface area (Å²) in [7, 11) is 0. The largest absolute Gasteiger partial charge is 0.411 e. The molecule has 1 atom stereocenters. The van der Waals surface area contributed by atoms with Crippen LogP contribution in [-0.4, -0.2) is 21.4 Å². The first-order valence-electron chi connectivity index (χ1n) is 10.0. The lowest BCUT2D eigenvalue weighted by atomic mass is 10.0. The first kappa shape index (κ1) is 20.9. The Labute approximate surface area is 185 Å². The summed E-state index contributed by atoms with van der Waals surface area (Å²) in [5.41, 5.74) is 6.04. The molecule has 4 aromatic rings. The van der Waals surface area contributed by atoms with E-state index in [1.54, 1.807) is 0 Å². The van der Waals surface area contributed by atoms with Crippen molar-refractivity contribution in [3.05, 3.63) is 83.9 Å². The fourth-order valence-electron chi connectivity index (χ4n) is 3.15. The number of carbonyl (C=O) groups is 1. The van der Waals surface area contributed by atoms with E-state index in [0.717, 1.165) is 27.9 Å². The van der Waals surface area contributed by atoms with Crippen LogP contribution in [0.1, 0.15) is 18.1 Å². The molecule has 3 aromatic carbocycles. The molecule has 0 saturated heterocycles. The maximum atomic E-state index is 12.8. The van der Waals surface area contributed by atoms with Crippen LogP contribution in [0.2, 0.25) is 0 Å². The van der Waals surface area contributed by atoms with Crippen LogP contribution in [0.15, 0.2) is 82.4 Å². The molecule has 156 valence electrons. The minimum absolute atomic E-state index is 0.126. The lowest BCUT2D eigenvalue weighted by Gasteiger charge is -2.14. The smallest absolute Gasteiger partial charge is 0.277 e. The Bertz CT molecular complexity index is 1200. The molecule has 1 heterocycles. The van der Waals surface area contributed by atoms with E-state index in [4.69, 9.17) is 4.42 Å². The second-order valence-corrected chi connectivity index (χ2v) is 8.63. The predicted molar refractivity (Wildman–Crippen MR) is 125 cm³/mol. The Kier molecular flexibility index (Phi) is 6.18. The molecule has 0 aliphatic carbocycles. The van der Waals surface area contributed by atoms with Gasteiger partial charge in [0.1, 0.15) is 0 Å². The number of thioether (sulfide) groups is 1. The molecule has 4 rings (SSSR count). The lowest BCUT2D eigenvalue weighted by Crippen LogP contribution is -2.22. The van der Waals surface area contributed by atoms with Gasteiger partial charge >= 0.3 is 0 Å². The van der Waals surface area contributed by atoms with Gasteiger partial charge in [-0.25, -0.2) is 0 Å². The second kappa shape index (κ2) is 9.18. The first-order valence-corrected chi connectivity index (χ1v) is 10.9. The fourth-order valence-corrected chi connectivity index (χ4v) is 3.83. The van der Waals surface area contributed by atoms with Gasteiger partial charge in [0.05, 0.1) is 5.25 Å². The average molecular weight is 430 g/mol. The van der Waals surface area contributed by atoms with Gasteiger partial charge in [-0.3, -0.25) is 4.79 Å². The van der Waals surface area contributed by atoms with Crippen molar-refractivity contribution in [2.24, 2.45) is 0 Å². The molecule has 0 aliphatic heterocycles. The van der Waals surface area contributed by atoms with Crippen molar-refractivity contribution >= 4 is 23.4 Å². The Morgan fingerprint density at radius 2 is 1.65 bits per heavy atom. The van der Waals surface area contributed by atoms with E-state index in [1.165, 1.54) is 17.3 Å². The topological polar surface area (TPSA) is 68.0 Å². The Balaban J connectivity index is 1.46. The summed E-state index contributed by atoms with van der Waals surface area (Å²) in [4.78, 5) is 12.8. The number of nitrogens with zero attached hydrogens (tertiary/aromatic N) is 2. The number of nitrogens with one attached hydrogen (secondary N) is 1. The summed E-state index contributed by atoms with van der Waals surface area (Å²) in [5.74, 6) is 0.326. The maximum absolute atomic E-state index is 12.8. The van der Waals surface area contributed by atoms with Crippen molar-refractivity contribution in [3.63, 3.8) is 0 Å². The number of para-hydroxylation sites is 1. The number of aryl methyl sites for hydroxylation is 2. The summed E-state index contributed by atoms with van der Waals surface area (Å²) < 4.78 is 5.79. The number of hydrogen-bond donors (Lipinski definition) is 1.